The summed E-state index contributed by atoms with van der Waals surface area (Å²) in [5, 5.41) is 45.6. The molecule has 1 aromatic heterocycles. The first-order valence-corrected chi connectivity index (χ1v) is 11.3. The maximum Gasteiger partial charge on any atom is 0.336 e. The highest BCUT2D eigenvalue weighted by Gasteiger charge is 2.40. The molecule has 0 spiro atoms. The molecule has 194 valence electrons. The van der Waals surface area contributed by atoms with Crippen molar-refractivity contribution in [1.82, 2.24) is 4.90 Å². The molecule has 2 rings (SSSR count). The van der Waals surface area contributed by atoms with E-state index in [1.165, 1.54) is 16.5 Å². The number of carbonyl (C=O) groups is 3. The van der Waals surface area contributed by atoms with Crippen LogP contribution in [0.15, 0.2) is 29.6 Å². The molecular formula is C23H30FNO9S. The summed E-state index contributed by atoms with van der Waals surface area (Å²) in [6.07, 6.45) is -2.75. The predicted molar refractivity (Wildman–Crippen MR) is 125 cm³/mol. The number of hydrogen-bond acceptors (Lipinski definition) is 8. The van der Waals surface area contributed by atoms with Gasteiger partial charge in [0, 0.05) is 30.1 Å². The molecule has 0 aliphatic rings. The molecule has 0 bridgehead atoms. The van der Waals surface area contributed by atoms with Crippen LogP contribution in [0.3, 0.4) is 0 Å². The molecule has 0 saturated heterocycles. The molecule has 0 aliphatic carbocycles. The van der Waals surface area contributed by atoms with Crippen molar-refractivity contribution in [2.45, 2.75) is 51.5 Å². The zero-order chi connectivity index (χ0) is 26.8. The average Bonchev–Trinajstić information content (AvgIpc) is 3.12. The number of carboxylic acid groups (broad SMARTS) is 3. The fourth-order valence-electron chi connectivity index (χ4n) is 3.08. The van der Waals surface area contributed by atoms with Gasteiger partial charge in [-0.1, -0.05) is 0 Å². The third-order valence-electron chi connectivity index (χ3n) is 4.79. The SMILES string of the molecule is COc1ccc(F)c(CN(Cc2sccc2C)CC(C)O)c1.O=C(O)CC(O)(CC(=O)O)C(=O)O. The summed E-state index contributed by atoms with van der Waals surface area (Å²) in [5.74, 6) is -4.63. The standard InChI is InChI=1S/C17H22FNO2S.C6H8O7/c1-12-6-7-22-17(12)11-19(9-13(2)20)10-14-8-15(21-3)4-5-16(14)18;7-3(8)1-6(13,5(11)12)2-4(9)10/h4-8,13,20H,9-11H2,1-3H3;13H,1-2H2,(H,7,8)(H,9,10)(H,11,12). The van der Waals surface area contributed by atoms with Crippen molar-refractivity contribution >= 4 is 29.2 Å². The van der Waals surface area contributed by atoms with Gasteiger partial charge in [0.1, 0.15) is 11.6 Å². The smallest absolute Gasteiger partial charge is 0.336 e. The van der Waals surface area contributed by atoms with Gasteiger partial charge < -0.3 is 30.3 Å². The zero-order valence-electron chi connectivity index (χ0n) is 19.6. The number of thiophene rings is 1. The Morgan fingerprint density at radius 3 is 2.14 bits per heavy atom. The summed E-state index contributed by atoms with van der Waals surface area (Å²) in [6, 6.07) is 6.82. The monoisotopic (exact) mass is 515 g/mol. The van der Waals surface area contributed by atoms with Gasteiger partial charge >= 0.3 is 17.9 Å². The normalized spacial score (nSPS) is 12.0. The number of methoxy groups -OCH3 is 1. The lowest BCUT2D eigenvalue weighted by molar-refractivity contribution is -0.170. The molecule has 35 heavy (non-hydrogen) atoms. The largest absolute Gasteiger partial charge is 0.497 e. The Balaban J connectivity index is 0.000000405. The number of halogens is 1. The lowest BCUT2D eigenvalue weighted by Gasteiger charge is -2.24. The van der Waals surface area contributed by atoms with E-state index in [4.69, 9.17) is 25.2 Å². The minimum Gasteiger partial charge on any atom is -0.497 e. The summed E-state index contributed by atoms with van der Waals surface area (Å²) in [6.45, 7) is 5.44. The molecule has 1 aromatic carbocycles. The van der Waals surface area contributed by atoms with Crippen molar-refractivity contribution in [3.8, 4) is 5.75 Å². The van der Waals surface area contributed by atoms with Gasteiger partial charge in [0.05, 0.1) is 26.1 Å². The number of carboxylic acids is 3. The highest BCUT2D eigenvalue weighted by atomic mass is 32.1. The first-order valence-electron chi connectivity index (χ1n) is 10.4. The molecule has 0 aliphatic heterocycles. The molecule has 2 aromatic rings. The van der Waals surface area contributed by atoms with Crippen LogP contribution in [0.1, 0.15) is 35.8 Å². The Kier molecular flexibility index (Phi) is 11.8. The van der Waals surface area contributed by atoms with Gasteiger partial charge in [-0.25, -0.2) is 9.18 Å². The fraction of sp³-hybridized carbons (Fsp3) is 0.435. The molecule has 1 heterocycles. The highest BCUT2D eigenvalue weighted by Crippen LogP contribution is 2.22. The van der Waals surface area contributed by atoms with Crippen LogP contribution in [0.25, 0.3) is 0 Å². The number of nitrogens with zero attached hydrogens (tertiary/aromatic N) is 1. The second-order valence-corrected chi connectivity index (χ2v) is 8.98. The number of benzene rings is 1. The van der Waals surface area contributed by atoms with Crippen LogP contribution < -0.4 is 4.74 Å². The fourth-order valence-corrected chi connectivity index (χ4v) is 4.03. The van der Waals surface area contributed by atoms with Crippen LogP contribution in [0.5, 0.6) is 5.75 Å². The molecule has 0 fully saturated rings. The Morgan fingerprint density at radius 2 is 1.71 bits per heavy atom. The van der Waals surface area contributed by atoms with Gasteiger partial charge in [-0.05, 0) is 49.1 Å². The van der Waals surface area contributed by atoms with Gasteiger partial charge in [0.25, 0.3) is 0 Å². The van der Waals surface area contributed by atoms with Gasteiger partial charge in [0.15, 0.2) is 5.60 Å². The van der Waals surface area contributed by atoms with Gasteiger partial charge in [-0.3, -0.25) is 14.5 Å². The van der Waals surface area contributed by atoms with E-state index in [9.17, 15) is 23.9 Å². The maximum atomic E-state index is 14.0. The molecule has 0 radical (unpaired) electrons. The first kappa shape index (κ1) is 30.0. The molecule has 5 N–H and O–H groups in total. The number of rotatable bonds is 12. The van der Waals surface area contributed by atoms with E-state index in [1.54, 1.807) is 37.5 Å². The van der Waals surface area contributed by atoms with E-state index >= 15 is 0 Å². The molecule has 10 nitrogen and oxygen atoms in total. The van der Waals surface area contributed by atoms with Crippen molar-refractivity contribution in [1.29, 1.82) is 0 Å². The molecular weight excluding hydrogens is 485 g/mol. The summed E-state index contributed by atoms with van der Waals surface area (Å²) >= 11 is 1.69. The topological polar surface area (TPSA) is 165 Å². The summed E-state index contributed by atoms with van der Waals surface area (Å²) in [5.41, 5.74) is -0.932. The Hall–Kier alpha value is -3.06. The quantitative estimate of drug-likeness (QED) is 0.283. The molecule has 1 unspecified atom stereocenters. The van der Waals surface area contributed by atoms with Gasteiger partial charge in [0.2, 0.25) is 0 Å². The zero-order valence-corrected chi connectivity index (χ0v) is 20.4. The summed E-state index contributed by atoms with van der Waals surface area (Å²) in [4.78, 5) is 33.8. The number of aliphatic hydroxyl groups excluding tert-OH is 1. The van der Waals surface area contributed by atoms with Crippen LogP contribution in [-0.2, 0) is 27.5 Å². The molecule has 1 atom stereocenters. The second-order valence-electron chi connectivity index (χ2n) is 7.98. The number of ether oxygens (including phenoxy) is 1. The molecule has 0 amide bonds. The highest BCUT2D eigenvalue weighted by molar-refractivity contribution is 7.10. The maximum absolute atomic E-state index is 14.0. The minimum atomic E-state index is -2.74. The van der Waals surface area contributed by atoms with Crippen LogP contribution in [-0.4, -0.2) is 73.7 Å². The lowest BCUT2D eigenvalue weighted by atomic mass is 9.96. The van der Waals surface area contributed by atoms with E-state index in [0.717, 1.165) is 0 Å². The van der Waals surface area contributed by atoms with Crippen molar-refractivity contribution in [3.05, 3.63) is 51.5 Å². The molecule has 0 saturated carbocycles. The first-order chi connectivity index (χ1) is 16.3. The van der Waals surface area contributed by atoms with E-state index in [0.29, 0.717) is 30.9 Å². The molecule has 12 heteroatoms. The average molecular weight is 516 g/mol. The number of aliphatic carboxylic acids is 3. The van der Waals surface area contributed by atoms with Gasteiger partial charge in [-0.2, -0.15) is 0 Å². The second kappa shape index (κ2) is 13.7. The van der Waals surface area contributed by atoms with E-state index < -0.39 is 42.5 Å². The third kappa shape index (κ3) is 10.4. The lowest BCUT2D eigenvalue weighted by Crippen LogP contribution is -2.42. The van der Waals surface area contributed by atoms with Crippen LogP contribution in [0.2, 0.25) is 0 Å². The van der Waals surface area contributed by atoms with Crippen LogP contribution in [0.4, 0.5) is 4.39 Å². The number of aliphatic hydroxyl groups is 2. The van der Waals surface area contributed by atoms with Crippen molar-refractivity contribution in [2.75, 3.05) is 13.7 Å². The van der Waals surface area contributed by atoms with Crippen LogP contribution >= 0.6 is 11.3 Å². The summed E-state index contributed by atoms with van der Waals surface area (Å²) in [7, 11) is 1.57. The van der Waals surface area contributed by atoms with Crippen LogP contribution in [0, 0.1) is 12.7 Å². The van der Waals surface area contributed by atoms with Crippen molar-refractivity contribution < 1.29 is 49.0 Å². The minimum absolute atomic E-state index is 0.251. The van der Waals surface area contributed by atoms with Crippen molar-refractivity contribution in [2.24, 2.45) is 0 Å². The van der Waals surface area contributed by atoms with E-state index in [1.807, 2.05) is 0 Å². The summed E-state index contributed by atoms with van der Waals surface area (Å²) < 4.78 is 19.2. The number of hydrogen-bond donors (Lipinski definition) is 5. The van der Waals surface area contributed by atoms with E-state index in [-0.39, 0.29) is 5.82 Å². The Labute approximate surface area is 205 Å². The third-order valence-corrected chi connectivity index (χ3v) is 5.80. The predicted octanol–water partition coefficient (Wildman–Crippen LogP) is 2.34. The van der Waals surface area contributed by atoms with E-state index in [2.05, 4.69) is 23.3 Å². The Morgan fingerprint density at radius 1 is 1.11 bits per heavy atom. The van der Waals surface area contributed by atoms with Crippen molar-refractivity contribution in [3.63, 3.8) is 0 Å². The van der Waals surface area contributed by atoms with Gasteiger partial charge in [-0.15, -0.1) is 11.3 Å². The number of aryl methyl sites for hydroxylation is 1. The Bertz CT molecular complexity index is 993.